The van der Waals surface area contributed by atoms with Crippen LogP contribution in [-0.4, -0.2) is 34.2 Å². The Morgan fingerprint density at radius 2 is 2.10 bits per heavy atom. The molecule has 20 heavy (non-hydrogen) atoms. The van der Waals surface area contributed by atoms with Gasteiger partial charge in [0.25, 0.3) is 0 Å². The minimum absolute atomic E-state index is 0.198. The summed E-state index contributed by atoms with van der Waals surface area (Å²) in [7, 11) is 1.90. The van der Waals surface area contributed by atoms with E-state index in [1.54, 1.807) is 12.1 Å². The number of rotatable bonds is 5. The van der Waals surface area contributed by atoms with Crippen molar-refractivity contribution in [3.8, 4) is 0 Å². The molecule has 0 atom stereocenters. The number of aliphatic hydroxyl groups is 1. The molecule has 1 aromatic rings. The fourth-order valence-electron chi connectivity index (χ4n) is 2.87. The summed E-state index contributed by atoms with van der Waals surface area (Å²) in [6, 6.07) is 4.81. The van der Waals surface area contributed by atoms with Gasteiger partial charge < -0.3 is 10.8 Å². The van der Waals surface area contributed by atoms with Gasteiger partial charge in [-0.1, -0.05) is 37.2 Å². The molecule has 0 bridgehead atoms. The first-order valence-corrected chi connectivity index (χ1v) is 7.30. The average molecular weight is 296 g/mol. The largest absolute Gasteiger partial charge is 0.389 e. The summed E-state index contributed by atoms with van der Waals surface area (Å²) in [5, 5.41) is 10.4. The molecule has 3 N–H and O–H groups in total. The fraction of sp³-hybridized carbons (Fsp3) is 0.533. The monoisotopic (exact) mass is 296 g/mol. The molecule has 2 rings (SSSR count). The zero-order valence-corrected chi connectivity index (χ0v) is 12.5. The zero-order valence-electron chi connectivity index (χ0n) is 11.7. The highest BCUT2D eigenvalue weighted by atomic mass is 32.1. The molecule has 5 heteroatoms. The smallest absolute Gasteiger partial charge is 0.128 e. The van der Waals surface area contributed by atoms with Crippen molar-refractivity contribution in [2.75, 3.05) is 13.6 Å². The van der Waals surface area contributed by atoms with Crippen molar-refractivity contribution in [2.45, 2.75) is 37.8 Å². The molecule has 110 valence electrons. The minimum Gasteiger partial charge on any atom is -0.389 e. The Bertz CT molecular complexity index is 501. The lowest BCUT2D eigenvalue weighted by molar-refractivity contribution is 0.0143. The maximum Gasteiger partial charge on any atom is 0.128 e. The van der Waals surface area contributed by atoms with Crippen molar-refractivity contribution in [1.82, 2.24) is 4.90 Å². The Hall–Kier alpha value is -1.04. The van der Waals surface area contributed by atoms with Crippen LogP contribution in [0.5, 0.6) is 0 Å². The van der Waals surface area contributed by atoms with Gasteiger partial charge in [0.05, 0.1) is 5.60 Å². The van der Waals surface area contributed by atoms with Crippen LogP contribution in [0.15, 0.2) is 18.2 Å². The molecule has 1 saturated carbocycles. The van der Waals surface area contributed by atoms with Gasteiger partial charge in [-0.05, 0) is 26.0 Å². The molecule has 0 aliphatic heterocycles. The third kappa shape index (κ3) is 3.75. The van der Waals surface area contributed by atoms with Crippen molar-refractivity contribution in [3.05, 3.63) is 35.1 Å². The van der Waals surface area contributed by atoms with E-state index in [0.717, 1.165) is 25.7 Å². The van der Waals surface area contributed by atoms with Crippen LogP contribution >= 0.6 is 12.2 Å². The maximum absolute atomic E-state index is 14.0. The van der Waals surface area contributed by atoms with Crippen molar-refractivity contribution < 1.29 is 9.50 Å². The van der Waals surface area contributed by atoms with Gasteiger partial charge in [0.1, 0.15) is 10.8 Å². The standard InChI is InChI=1S/C15H21FN2OS/c1-18(10-15(19)6-2-3-7-15)9-12-5-4-11(14(17)20)8-13(12)16/h4-5,8,19H,2-3,6-7,9-10H2,1H3,(H2,17,20). The molecular formula is C15H21FN2OS. The van der Waals surface area contributed by atoms with Crippen molar-refractivity contribution in [2.24, 2.45) is 5.73 Å². The fourth-order valence-corrected chi connectivity index (χ4v) is 3.00. The van der Waals surface area contributed by atoms with E-state index in [1.807, 2.05) is 11.9 Å². The van der Waals surface area contributed by atoms with E-state index in [0.29, 0.717) is 24.2 Å². The summed E-state index contributed by atoms with van der Waals surface area (Å²) < 4.78 is 14.0. The maximum atomic E-state index is 14.0. The molecule has 0 aromatic heterocycles. The van der Waals surface area contributed by atoms with Crippen LogP contribution in [0.25, 0.3) is 0 Å². The highest BCUT2D eigenvalue weighted by Gasteiger charge is 2.32. The molecule has 1 aliphatic rings. The lowest BCUT2D eigenvalue weighted by Gasteiger charge is -2.28. The minimum atomic E-state index is -0.607. The number of hydrogen-bond acceptors (Lipinski definition) is 3. The lowest BCUT2D eigenvalue weighted by Crippen LogP contribution is -2.38. The Morgan fingerprint density at radius 3 is 2.65 bits per heavy atom. The zero-order chi connectivity index (χ0) is 14.8. The van der Waals surface area contributed by atoms with Gasteiger partial charge in [-0.15, -0.1) is 0 Å². The van der Waals surface area contributed by atoms with Gasteiger partial charge >= 0.3 is 0 Å². The van der Waals surface area contributed by atoms with E-state index in [1.165, 1.54) is 6.07 Å². The molecule has 0 radical (unpaired) electrons. The summed E-state index contributed by atoms with van der Waals surface area (Å²) >= 11 is 4.83. The van der Waals surface area contributed by atoms with Gasteiger partial charge in [-0.25, -0.2) is 4.39 Å². The molecule has 1 aliphatic carbocycles. The molecule has 1 fully saturated rings. The van der Waals surface area contributed by atoms with E-state index in [2.05, 4.69) is 0 Å². The van der Waals surface area contributed by atoms with Gasteiger partial charge in [0.2, 0.25) is 0 Å². The number of benzene rings is 1. The van der Waals surface area contributed by atoms with Crippen molar-refractivity contribution in [1.29, 1.82) is 0 Å². The van der Waals surface area contributed by atoms with Crippen LogP contribution in [0.4, 0.5) is 4.39 Å². The average Bonchev–Trinajstić information content (AvgIpc) is 2.77. The second-order valence-electron chi connectivity index (χ2n) is 5.77. The van der Waals surface area contributed by atoms with E-state index in [9.17, 15) is 9.50 Å². The molecule has 0 amide bonds. The molecule has 0 heterocycles. The third-order valence-corrected chi connectivity index (χ3v) is 4.11. The molecular weight excluding hydrogens is 275 g/mol. The first-order chi connectivity index (χ1) is 9.39. The SMILES string of the molecule is CN(Cc1ccc(C(N)=S)cc1F)CC1(O)CCCC1. The van der Waals surface area contributed by atoms with Crippen molar-refractivity contribution >= 4 is 17.2 Å². The van der Waals surface area contributed by atoms with Gasteiger partial charge in [-0.3, -0.25) is 4.90 Å². The number of halogens is 1. The first-order valence-electron chi connectivity index (χ1n) is 6.89. The topological polar surface area (TPSA) is 49.5 Å². The molecule has 0 saturated heterocycles. The highest BCUT2D eigenvalue weighted by molar-refractivity contribution is 7.80. The predicted molar refractivity (Wildman–Crippen MR) is 82.0 cm³/mol. The van der Waals surface area contributed by atoms with E-state index in [4.69, 9.17) is 18.0 Å². The van der Waals surface area contributed by atoms with Crippen LogP contribution in [-0.2, 0) is 6.54 Å². The second-order valence-corrected chi connectivity index (χ2v) is 6.21. The predicted octanol–water partition coefficient (Wildman–Crippen LogP) is 2.20. The number of nitrogens with zero attached hydrogens (tertiary/aromatic N) is 1. The van der Waals surface area contributed by atoms with Crippen LogP contribution in [0.2, 0.25) is 0 Å². The molecule has 0 unspecified atom stereocenters. The van der Waals surface area contributed by atoms with Crippen LogP contribution in [0.3, 0.4) is 0 Å². The van der Waals surface area contributed by atoms with Gasteiger partial charge in [0, 0.05) is 24.2 Å². The Kier molecular flexibility index (Phi) is 4.73. The molecule has 3 nitrogen and oxygen atoms in total. The van der Waals surface area contributed by atoms with E-state index < -0.39 is 5.60 Å². The summed E-state index contributed by atoms with van der Waals surface area (Å²) in [4.78, 5) is 2.16. The van der Waals surface area contributed by atoms with E-state index >= 15 is 0 Å². The summed E-state index contributed by atoms with van der Waals surface area (Å²) in [6.07, 6.45) is 3.81. The van der Waals surface area contributed by atoms with Crippen molar-refractivity contribution in [3.63, 3.8) is 0 Å². The normalized spacial score (nSPS) is 17.6. The number of thiocarbonyl (C=S) groups is 1. The van der Waals surface area contributed by atoms with Crippen LogP contribution < -0.4 is 5.73 Å². The molecule has 0 spiro atoms. The third-order valence-electron chi connectivity index (χ3n) is 3.88. The number of hydrogen-bond donors (Lipinski definition) is 2. The van der Waals surface area contributed by atoms with Gasteiger partial charge in [-0.2, -0.15) is 0 Å². The summed E-state index contributed by atoms with van der Waals surface area (Å²) in [6.45, 7) is 1.04. The Balaban J connectivity index is 2.00. The summed E-state index contributed by atoms with van der Waals surface area (Å²) in [5.74, 6) is -0.305. The van der Waals surface area contributed by atoms with Crippen LogP contribution in [0.1, 0.15) is 36.8 Å². The Morgan fingerprint density at radius 1 is 1.45 bits per heavy atom. The number of likely N-dealkylation sites (N-methyl/N-ethyl adjacent to an activating group) is 1. The van der Waals surface area contributed by atoms with E-state index in [-0.39, 0.29) is 10.8 Å². The van der Waals surface area contributed by atoms with Crippen LogP contribution in [0, 0.1) is 5.82 Å². The Labute approximate surface area is 124 Å². The highest BCUT2D eigenvalue weighted by Crippen LogP contribution is 2.30. The second kappa shape index (κ2) is 6.16. The van der Waals surface area contributed by atoms with Gasteiger partial charge in [0.15, 0.2) is 0 Å². The number of nitrogens with two attached hydrogens (primary N) is 1. The molecule has 1 aromatic carbocycles. The summed E-state index contributed by atoms with van der Waals surface area (Å²) in [5.41, 5.74) is 6.01. The lowest BCUT2D eigenvalue weighted by atomic mass is 10.0. The first kappa shape index (κ1) is 15.4. The quantitative estimate of drug-likeness (QED) is 0.818.